The number of aryl methyl sites for hydroxylation is 4. The number of unbranched alkanes of at least 4 members (excludes halogenated alkanes) is 43. The highest BCUT2D eigenvalue weighted by molar-refractivity contribution is 5.77. The summed E-state index contributed by atoms with van der Waals surface area (Å²) < 4.78 is 0. The molecule has 0 saturated heterocycles. The van der Waals surface area contributed by atoms with Crippen molar-refractivity contribution in [1.82, 2.24) is 16.0 Å². The summed E-state index contributed by atoms with van der Waals surface area (Å²) in [5.74, 6) is 1.63. The lowest BCUT2D eigenvalue weighted by atomic mass is 9.74. The molecule has 0 heterocycles. The molecule has 0 atom stereocenters. The van der Waals surface area contributed by atoms with Crippen LogP contribution < -0.4 is 16.0 Å². The molecule has 0 unspecified atom stereocenters. The average Bonchev–Trinajstić information content (AvgIpc) is 0.797. The summed E-state index contributed by atoms with van der Waals surface area (Å²) >= 11 is 0. The fraction of sp³-hybridized carbons (Fsp3) is 0.794. The van der Waals surface area contributed by atoms with Crippen LogP contribution in [-0.4, -0.2) is 52.7 Å². The van der Waals surface area contributed by atoms with Gasteiger partial charge in [0.25, 0.3) is 0 Å². The van der Waals surface area contributed by atoms with E-state index in [0.29, 0.717) is 49.4 Å². The Labute approximate surface area is 688 Å². The van der Waals surface area contributed by atoms with Crippen molar-refractivity contribution >= 4 is 17.7 Å². The van der Waals surface area contributed by atoms with Crippen LogP contribution >= 0.6 is 0 Å². The summed E-state index contributed by atoms with van der Waals surface area (Å²) in [6, 6.07) is 12.5. The zero-order chi connectivity index (χ0) is 82.8. The summed E-state index contributed by atoms with van der Waals surface area (Å²) in [7, 11) is 0. The maximum atomic E-state index is 12.5. The predicted octanol–water partition coefficient (Wildman–Crippen LogP) is 29.9. The molecule has 9 nitrogen and oxygen atoms in total. The molecule has 9 heteroatoms. The van der Waals surface area contributed by atoms with E-state index in [1.807, 2.05) is 13.0 Å². The van der Waals surface area contributed by atoms with E-state index >= 15 is 0 Å². The first-order valence-electron chi connectivity index (χ1n) is 47.2. The van der Waals surface area contributed by atoms with Crippen molar-refractivity contribution in [3.05, 3.63) is 86.5 Å². The minimum atomic E-state index is -0.143. The Morgan fingerprint density at radius 1 is 0.261 bits per heavy atom. The van der Waals surface area contributed by atoms with E-state index < -0.39 is 0 Å². The van der Waals surface area contributed by atoms with Crippen molar-refractivity contribution in [2.45, 2.75) is 505 Å². The Hall–Kier alpha value is -4.53. The zero-order valence-corrected chi connectivity index (χ0v) is 76.8. The SMILES string of the molecule is CCCCCCCCCCCCCCCCCCNC(=O)CCc1cc(C(C)(C)C)c(O)c(C(C)(C)C)c1.CCCCCCCCCCCCCCCCCCNC(=O)CCc1cc(C)c(O)c(C(C)(C)C)c1.CCCCCCCCCCCCCCCCNC(=O)CCc1cc(C(C)(C)CC)c(O)c(C(C)(C)CC)c1. The number of rotatable bonds is 62. The minimum absolute atomic E-state index is 0.102. The first-order valence-corrected chi connectivity index (χ1v) is 47.2. The lowest BCUT2D eigenvalue weighted by molar-refractivity contribution is -0.121. The predicted molar refractivity (Wildman–Crippen MR) is 485 cm³/mol. The van der Waals surface area contributed by atoms with Gasteiger partial charge in [-0.1, -0.05) is 437 Å². The van der Waals surface area contributed by atoms with Crippen LogP contribution in [0.3, 0.4) is 0 Å². The fourth-order valence-corrected chi connectivity index (χ4v) is 15.2. The van der Waals surface area contributed by atoms with E-state index in [1.54, 1.807) is 0 Å². The molecule has 6 N–H and O–H groups in total. The number of carbonyl (C=O) groups is 3. The van der Waals surface area contributed by atoms with Crippen molar-refractivity contribution in [1.29, 1.82) is 0 Å². The molecule has 0 bridgehead atoms. The molecule has 0 radical (unpaired) electrons. The van der Waals surface area contributed by atoms with Gasteiger partial charge in [-0.05, 0) is 124 Å². The molecular formula is C102H183N3O6. The van der Waals surface area contributed by atoms with E-state index in [0.717, 1.165) is 108 Å². The summed E-state index contributed by atoms with van der Waals surface area (Å²) in [5, 5.41) is 41.7. The molecule has 0 saturated carbocycles. The molecule has 111 heavy (non-hydrogen) atoms. The molecule has 642 valence electrons. The second kappa shape index (κ2) is 61.8. The van der Waals surface area contributed by atoms with Crippen LogP contribution in [0.25, 0.3) is 0 Å². The monoisotopic (exact) mass is 1550 g/mol. The van der Waals surface area contributed by atoms with Crippen molar-refractivity contribution in [2.24, 2.45) is 0 Å². The summed E-state index contributed by atoms with van der Waals surface area (Å²) in [5.41, 5.74) is 8.62. The van der Waals surface area contributed by atoms with Gasteiger partial charge in [0, 0.05) is 50.0 Å². The van der Waals surface area contributed by atoms with Crippen molar-refractivity contribution in [2.75, 3.05) is 19.6 Å². The number of benzene rings is 3. The topological polar surface area (TPSA) is 148 Å². The Kier molecular flexibility index (Phi) is 58.2. The number of phenolic OH excluding ortho intramolecular Hbond substituents is 3. The maximum absolute atomic E-state index is 12.5. The number of nitrogens with one attached hydrogen (secondary N) is 3. The van der Waals surface area contributed by atoms with Gasteiger partial charge < -0.3 is 31.3 Å². The highest BCUT2D eigenvalue weighted by atomic mass is 16.3. The van der Waals surface area contributed by atoms with Gasteiger partial charge in [0.05, 0.1) is 0 Å². The van der Waals surface area contributed by atoms with E-state index in [4.69, 9.17) is 0 Å². The lowest BCUT2D eigenvalue weighted by Crippen LogP contribution is -2.25. The van der Waals surface area contributed by atoms with Crippen LogP contribution in [0.2, 0.25) is 0 Å². The molecule has 0 aliphatic heterocycles. The van der Waals surface area contributed by atoms with Gasteiger partial charge >= 0.3 is 0 Å². The molecule has 3 rings (SSSR count). The Morgan fingerprint density at radius 2 is 0.441 bits per heavy atom. The van der Waals surface area contributed by atoms with E-state index in [2.05, 4.69) is 171 Å². The normalized spacial score (nSPS) is 12.0. The Morgan fingerprint density at radius 3 is 0.649 bits per heavy atom. The summed E-state index contributed by atoms with van der Waals surface area (Å²) in [4.78, 5) is 37.2. The second-order valence-electron chi connectivity index (χ2n) is 38.4. The van der Waals surface area contributed by atoms with E-state index in [9.17, 15) is 29.7 Å². The van der Waals surface area contributed by atoms with Crippen molar-refractivity contribution in [3.63, 3.8) is 0 Å². The van der Waals surface area contributed by atoms with Crippen LogP contribution in [0.5, 0.6) is 17.2 Å². The van der Waals surface area contributed by atoms with Crippen LogP contribution in [-0.2, 0) is 60.7 Å². The number of phenols is 3. The van der Waals surface area contributed by atoms with Gasteiger partial charge in [-0.15, -0.1) is 0 Å². The highest BCUT2D eigenvalue weighted by Gasteiger charge is 2.31. The van der Waals surface area contributed by atoms with Gasteiger partial charge in [0.15, 0.2) is 0 Å². The first kappa shape index (κ1) is 104. The second-order valence-corrected chi connectivity index (χ2v) is 38.4. The molecule has 0 aliphatic rings. The zero-order valence-electron chi connectivity index (χ0n) is 76.8. The third-order valence-electron chi connectivity index (χ3n) is 23.8. The van der Waals surface area contributed by atoms with Crippen LogP contribution in [0.4, 0.5) is 0 Å². The quantitative estimate of drug-likeness (QED) is 0.0310. The molecule has 0 spiro atoms. The number of hydrogen-bond acceptors (Lipinski definition) is 6. The third kappa shape index (κ3) is 50.5. The largest absolute Gasteiger partial charge is 0.507 e. The van der Waals surface area contributed by atoms with Gasteiger partial charge in [-0.2, -0.15) is 0 Å². The smallest absolute Gasteiger partial charge is 0.220 e. The molecule has 3 aromatic carbocycles. The molecular weight excluding hydrogens is 1360 g/mol. The number of carbonyl (C=O) groups excluding carboxylic acids is 3. The number of hydrogen-bond donors (Lipinski definition) is 6. The lowest BCUT2D eigenvalue weighted by Gasteiger charge is -2.31. The standard InChI is InChI=1S/2C35H63NO2.C32H57NO2/c1-8-9-10-11-12-13-14-15-16-17-18-19-20-21-22-23-26-36-32(37)25-24-29-27-30(34(2,3)4)33(38)31(28-29)35(5,6)7;1-8-11-12-13-14-15-16-17-18-19-20-21-22-23-26-36-32(37)25-24-29-27-30(34(4,5)9-2)33(38)31(28-29)35(6,7)10-3;1-6-7-8-9-10-11-12-13-14-15-16-17-18-19-20-21-24-33-30(34)23-22-28-25-27(2)31(35)29(26-28)32(3,4)5/h2*27-28,38H,8-26H2,1-7H3,(H,36,37);25-26,35H,6-24H2,1-5H3,(H,33,34). The Bertz CT molecular complexity index is 2770. The van der Waals surface area contributed by atoms with Crippen LogP contribution in [0, 0.1) is 6.92 Å². The van der Waals surface area contributed by atoms with Crippen molar-refractivity contribution < 1.29 is 29.7 Å². The molecule has 0 aromatic heterocycles. The first-order chi connectivity index (χ1) is 52.8. The van der Waals surface area contributed by atoms with Crippen LogP contribution in [0.1, 0.15) is 502 Å². The fourth-order valence-electron chi connectivity index (χ4n) is 15.2. The number of aromatic hydroxyl groups is 3. The van der Waals surface area contributed by atoms with Crippen molar-refractivity contribution in [3.8, 4) is 17.2 Å². The highest BCUT2D eigenvalue weighted by Crippen LogP contribution is 2.44. The van der Waals surface area contributed by atoms with Gasteiger partial charge in [0.1, 0.15) is 17.2 Å². The van der Waals surface area contributed by atoms with E-state index in [-0.39, 0.29) is 44.8 Å². The molecule has 0 fully saturated rings. The number of amides is 3. The molecule has 3 aromatic rings. The van der Waals surface area contributed by atoms with Gasteiger partial charge in [-0.25, -0.2) is 0 Å². The van der Waals surface area contributed by atoms with Gasteiger partial charge in [0.2, 0.25) is 17.7 Å². The Balaban J connectivity index is 0.000000833. The minimum Gasteiger partial charge on any atom is -0.507 e. The maximum Gasteiger partial charge on any atom is 0.220 e. The summed E-state index contributed by atoms with van der Waals surface area (Å²) in [6.45, 7) is 43.3. The molecule has 3 amide bonds. The average molecular weight is 1550 g/mol. The molecule has 0 aliphatic carbocycles. The third-order valence-corrected chi connectivity index (χ3v) is 23.8. The van der Waals surface area contributed by atoms with E-state index in [1.165, 1.54) is 276 Å². The van der Waals surface area contributed by atoms with Gasteiger partial charge in [-0.3, -0.25) is 14.4 Å². The van der Waals surface area contributed by atoms with Crippen LogP contribution in [0.15, 0.2) is 36.4 Å². The summed E-state index contributed by atoms with van der Waals surface area (Å²) in [6.07, 6.45) is 68.2.